The second-order valence-electron chi connectivity index (χ2n) is 11.0. The first-order valence-corrected chi connectivity index (χ1v) is 15.5. The van der Waals surface area contributed by atoms with Crippen molar-refractivity contribution in [2.45, 2.75) is 25.7 Å². The first-order chi connectivity index (χ1) is 22.2. The molecule has 3 amide bonds. The number of para-hydroxylation sites is 1. The van der Waals surface area contributed by atoms with Crippen LogP contribution in [0.2, 0.25) is 10.0 Å². The van der Waals surface area contributed by atoms with Crippen LogP contribution in [-0.2, 0) is 22.4 Å². The first kappa shape index (κ1) is 32.6. The number of fused-ring (bicyclic) bond motifs is 1. The number of nitrogens with zero attached hydrogens (tertiary/aromatic N) is 1. The fraction of sp³-hybridized carbons (Fsp3) is 0.194. The minimum Gasteiger partial charge on any atom is -0.457 e. The predicted molar refractivity (Wildman–Crippen MR) is 177 cm³/mol. The monoisotopic (exact) mass is 655 g/mol. The summed E-state index contributed by atoms with van der Waals surface area (Å²) in [5.41, 5.74) is 2.19. The van der Waals surface area contributed by atoms with Crippen molar-refractivity contribution in [1.82, 2.24) is 10.2 Å². The zero-order valence-corrected chi connectivity index (χ0v) is 26.3. The Bertz CT molecular complexity index is 1760. The Morgan fingerprint density at radius 2 is 1.50 bits per heavy atom. The number of halogens is 2. The van der Waals surface area contributed by atoms with Gasteiger partial charge >= 0.3 is 0 Å². The maximum Gasteiger partial charge on any atom is 0.261 e. The van der Waals surface area contributed by atoms with Crippen LogP contribution >= 0.6 is 23.2 Å². The number of rotatable bonds is 14. The van der Waals surface area contributed by atoms with E-state index in [9.17, 15) is 19.2 Å². The van der Waals surface area contributed by atoms with Crippen molar-refractivity contribution in [2.24, 2.45) is 5.92 Å². The SMILES string of the molecule is N=C(CC(=O)Cc1cccc(Oc2ccccc2)c1)C[C@H](Cc1ccc(Cl)cc1Cl)C(=O)NCCN1C(=O)c2ccccc2C1=O. The minimum atomic E-state index is -0.733. The van der Waals surface area contributed by atoms with Gasteiger partial charge in [-0.25, -0.2) is 0 Å². The van der Waals surface area contributed by atoms with Crippen molar-refractivity contribution in [3.8, 4) is 11.5 Å². The second kappa shape index (κ2) is 15.0. The summed E-state index contributed by atoms with van der Waals surface area (Å²) in [7, 11) is 0. The average Bonchev–Trinajstić information content (AvgIpc) is 3.27. The molecule has 1 heterocycles. The Kier molecular flexibility index (Phi) is 10.6. The molecular weight excluding hydrogens is 625 g/mol. The summed E-state index contributed by atoms with van der Waals surface area (Å²) in [6.45, 7) is 0.0261. The van der Waals surface area contributed by atoms with Crippen LogP contribution in [0.4, 0.5) is 0 Å². The van der Waals surface area contributed by atoms with Crippen molar-refractivity contribution in [2.75, 3.05) is 13.1 Å². The van der Waals surface area contributed by atoms with E-state index in [1.54, 1.807) is 48.5 Å². The molecule has 0 fully saturated rings. The highest BCUT2D eigenvalue weighted by molar-refractivity contribution is 6.35. The maximum absolute atomic E-state index is 13.4. The molecule has 0 radical (unpaired) electrons. The van der Waals surface area contributed by atoms with E-state index in [-0.39, 0.29) is 56.2 Å². The van der Waals surface area contributed by atoms with Gasteiger partial charge in [0, 0.05) is 47.6 Å². The lowest BCUT2D eigenvalue weighted by atomic mass is 9.91. The number of ketones is 1. The number of Topliss-reactive ketones (excluding diaryl/α,β-unsaturated/α-hetero) is 1. The van der Waals surface area contributed by atoms with Crippen molar-refractivity contribution in [1.29, 1.82) is 5.41 Å². The topological polar surface area (TPSA) is 117 Å². The lowest BCUT2D eigenvalue weighted by Crippen LogP contribution is -2.41. The van der Waals surface area contributed by atoms with E-state index in [2.05, 4.69) is 5.32 Å². The van der Waals surface area contributed by atoms with Crippen LogP contribution in [-0.4, -0.2) is 47.2 Å². The molecule has 0 spiro atoms. The van der Waals surface area contributed by atoms with Gasteiger partial charge in [0.15, 0.2) is 0 Å². The summed E-state index contributed by atoms with van der Waals surface area (Å²) in [5.74, 6) is -0.815. The van der Waals surface area contributed by atoms with E-state index < -0.39 is 17.7 Å². The summed E-state index contributed by atoms with van der Waals surface area (Å²) >= 11 is 12.5. The van der Waals surface area contributed by atoms with Gasteiger partial charge in [-0.1, -0.05) is 71.7 Å². The normalized spacial score (nSPS) is 12.9. The van der Waals surface area contributed by atoms with E-state index in [0.29, 0.717) is 38.2 Å². The van der Waals surface area contributed by atoms with Gasteiger partial charge in [-0.3, -0.25) is 24.1 Å². The standard InChI is InChI=1S/C36H31Cl2N3O5/c37-26-14-13-24(33(38)21-26)19-25(34(43)40-15-16-41-35(44)31-11-4-5-12-32(31)36(41)45)20-27(39)22-28(42)17-23-7-6-10-30(18-23)46-29-8-2-1-3-9-29/h1-14,18,21,25,39H,15-17,19-20,22H2,(H,40,43)/t25-/m0/s1. The molecule has 0 saturated carbocycles. The van der Waals surface area contributed by atoms with E-state index in [1.807, 2.05) is 48.5 Å². The molecule has 4 aromatic carbocycles. The van der Waals surface area contributed by atoms with Gasteiger partial charge in [0.25, 0.3) is 11.8 Å². The van der Waals surface area contributed by atoms with Crippen LogP contribution < -0.4 is 10.1 Å². The number of imide groups is 1. The Morgan fingerprint density at radius 3 is 2.20 bits per heavy atom. The molecular formula is C36H31Cl2N3O5. The number of hydrogen-bond donors (Lipinski definition) is 2. The quantitative estimate of drug-likeness (QED) is 0.112. The third kappa shape index (κ3) is 8.27. The van der Waals surface area contributed by atoms with Gasteiger partial charge in [0.2, 0.25) is 5.91 Å². The lowest BCUT2D eigenvalue weighted by molar-refractivity contribution is -0.125. The molecule has 5 rings (SSSR count). The fourth-order valence-corrected chi connectivity index (χ4v) is 5.81. The number of carbonyl (C=O) groups is 4. The Labute approximate surface area is 276 Å². The largest absolute Gasteiger partial charge is 0.457 e. The van der Waals surface area contributed by atoms with Gasteiger partial charge in [-0.15, -0.1) is 0 Å². The summed E-state index contributed by atoms with van der Waals surface area (Å²) in [6, 6.07) is 28.1. The Balaban J connectivity index is 1.20. The van der Waals surface area contributed by atoms with Crippen LogP contribution in [0.5, 0.6) is 11.5 Å². The smallest absolute Gasteiger partial charge is 0.261 e. The number of amides is 3. The second-order valence-corrected chi connectivity index (χ2v) is 11.8. The maximum atomic E-state index is 13.4. The molecule has 0 saturated heterocycles. The summed E-state index contributed by atoms with van der Waals surface area (Å²) < 4.78 is 5.87. The van der Waals surface area contributed by atoms with Crippen LogP contribution in [0.1, 0.15) is 44.7 Å². The Hall–Kier alpha value is -4.79. The Morgan fingerprint density at radius 1 is 0.826 bits per heavy atom. The fourth-order valence-electron chi connectivity index (χ4n) is 5.33. The first-order valence-electron chi connectivity index (χ1n) is 14.7. The van der Waals surface area contributed by atoms with Crippen molar-refractivity contribution in [3.63, 3.8) is 0 Å². The molecule has 10 heteroatoms. The van der Waals surface area contributed by atoms with E-state index in [1.165, 1.54) is 0 Å². The summed E-state index contributed by atoms with van der Waals surface area (Å²) in [4.78, 5) is 52.9. The van der Waals surface area contributed by atoms with Crippen LogP contribution in [0.3, 0.4) is 0 Å². The molecule has 0 aliphatic carbocycles. The van der Waals surface area contributed by atoms with Gasteiger partial charge in [0.05, 0.1) is 11.1 Å². The van der Waals surface area contributed by atoms with Crippen molar-refractivity contribution >= 4 is 52.4 Å². The van der Waals surface area contributed by atoms with Gasteiger partial charge in [0.1, 0.15) is 17.3 Å². The van der Waals surface area contributed by atoms with Crippen LogP contribution in [0, 0.1) is 11.3 Å². The number of benzene rings is 4. The minimum absolute atomic E-state index is 0.00447. The third-order valence-corrected chi connectivity index (χ3v) is 8.13. The summed E-state index contributed by atoms with van der Waals surface area (Å²) in [6.07, 6.45) is 0.191. The van der Waals surface area contributed by atoms with Gasteiger partial charge < -0.3 is 15.5 Å². The molecule has 1 atom stereocenters. The molecule has 0 aromatic heterocycles. The lowest BCUT2D eigenvalue weighted by Gasteiger charge is -2.20. The predicted octanol–water partition coefficient (Wildman–Crippen LogP) is 6.97. The molecule has 0 unspecified atom stereocenters. The number of carbonyl (C=O) groups excluding carboxylic acids is 4. The number of ether oxygens (including phenoxy) is 1. The molecule has 234 valence electrons. The molecule has 1 aliphatic heterocycles. The zero-order valence-electron chi connectivity index (χ0n) is 24.8. The van der Waals surface area contributed by atoms with Crippen LogP contribution in [0.15, 0.2) is 97.1 Å². The number of hydrogen-bond acceptors (Lipinski definition) is 6. The van der Waals surface area contributed by atoms with Crippen molar-refractivity contribution < 1.29 is 23.9 Å². The molecule has 0 bridgehead atoms. The highest BCUT2D eigenvalue weighted by Gasteiger charge is 2.35. The zero-order chi connectivity index (χ0) is 32.6. The van der Waals surface area contributed by atoms with E-state index in [0.717, 1.165) is 10.5 Å². The van der Waals surface area contributed by atoms with Gasteiger partial charge in [-0.2, -0.15) is 0 Å². The molecule has 2 N–H and O–H groups in total. The average molecular weight is 657 g/mol. The highest BCUT2D eigenvalue weighted by atomic mass is 35.5. The van der Waals surface area contributed by atoms with E-state index in [4.69, 9.17) is 33.3 Å². The molecule has 4 aromatic rings. The van der Waals surface area contributed by atoms with Crippen LogP contribution in [0.25, 0.3) is 0 Å². The number of nitrogens with one attached hydrogen (secondary N) is 2. The third-order valence-electron chi connectivity index (χ3n) is 7.55. The molecule has 46 heavy (non-hydrogen) atoms. The van der Waals surface area contributed by atoms with E-state index >= 15 is 0 Å². The molecule has 1 aliphatic rings. The van der Waals surface area contributed by atoms with Gasteiger partial charge in [-0.05, 0) is 72.5 Å². The summed E-state index contributed by atoms with van der Waals surface area (Å²) in [5, 5.41) is 12.3. The highest BCUT2D eigenvalue weighted by Crippen LogP contribution is 2.26. The van der Waals surface area contributed by atoms with Crippen molar-refractivity contribution in [3.05, 3.63) is 129 Å². The molecule has 8 nitrogen and oxygen atoms in total.